The summed E-state index contributed by atoms with van der Waals surface area (Å²) >= 11 is 0. The molecule has 0 radical (unpaired) electrons. The van der Waals surface area contributed by atoms with Crippen molar-refractivity contribution in [3.05, 3.63) is 70.8 Å². The molecule has 0 fully saturated rings. The maximum Gasteiger partial charge on any atom is 0.198 e. The minimum atomic E-state index is -0.221. The summed E-state index contributed by atoms with van der Waals surface area (Å²) in [5.74, 6) is 0.380. The average molecular weight is 318 g/mol. The number of ether oxygens (including phenoxy) is 2. The SMILES string of the molecule is COc1c2c(c(OC)c3ccccc13)C(=O)c1ccccc1C2=O. The van der Waals surface area contributed by atoms with Gasteiger partial charge >= 0.3 is 0 Å². The van der Waals surface area contributed by atoms with Gasteiger partial charge in [0.15, 0.2) is 11.6 Å². The first-order valence-electron chi connectivity index (χ1n) is 7.54. The van der Waals surface area contributed by atoms with Crippen LogP contribution in [0.5, 0.6) is 11.5 Å². The van der Waals surface area contributed by atoms with Crippen LogP contribution in [0.3, 0.4) is 0 Å². The molecule has 24 heavy (non-hydrogen) atoms. The highest BCUT2D eigenvalue weighted by atomic mass is 16.5. The number of hydrogen-bond acceptors (Lipinski definition) is 4. The lowest BCUT2D eigenvalue weighted by atomic mass is 9.81. The Kier molecular flexibility index (Phi) is 3.13. The Bertz CT molecular complexity index is 936. The quantitative estimate of drug-likeness (QED) is 0.566. The van der Waals surface area contributed by atoms with Crippen LogP contribution in [-0.4, -0.2) is 25.8 Å². The number of benzene rings is 3. The van der Waals surface area contributed by atoms with E-state index in [-0.39, 0.29) is 22.7 Å². The molecule has 0 aliphatic heterocycles. The standard InChI is InChI=1S/C20H14O4/c1-23-19-13-9-5-6-10-14(13)20(24-2)16-15(19)17(21)11-7-3-4-8-12(11)18(16)22/h3-10H,1-2H3. The molecule has 118 valence electrons. The van der Waals surface area contributed by atoms with Crippen LogP contribution in [0, 0.1) is 0 Å². The van der Waals surface area contributed by atoms with Crippen LogP contribution in [0.1, 0.15) is 31.8 Å². The monoisotopic (exact) mass is 318 g/mol. The third-order valence-electron chi connectivity index (χ3n) is 4.40. The summed E-state index contributed by atoms with van der Waals surface area (Å²) in [5.41, 5.74) is 1.34. The maximum atomic E-state index is 13.1. The largest absolute Gasteiger partial charge is 0.495 e. The topological polar surface area (TPSA) is 52.6 Å². The summed E-state index contributed by atoms with van der Waals surface area (Å²) < 4.78 is 11.1. The van der Waals surface area contributed by atoms with Crippen molar-refractivity contribution < 1.29 is 19.1 Å². The highest BCUT2D eigenvalue weighted by Gasteiger charge is 2.36. The van der Waals surface area contributed by atoms with Gasteiger partial charge in [0, 0.05) is 21.9 Å². The second-order valence-electron chi connectivity index (χ2n) is 5.57. The highest BCUT2D eigenvalue weighted by molar-refractivity contribution is 6.32. The van der Waals surface area contributed by atoms with Crippen molar-refractivity contribution in [1.29, 1.82) is 0 Å². The summed E-state index contributed by atoms with van der Waals surface area (Å²) in [5, 5.41) is 1.49. The molecule has 0 heterocycles. The third-order valence-corrected chi connectivity index (χ3v) is 4.40. The third kappa shape index (κ3) is 1.74. The van der Waals surface area contributed by atoms with Crippen molar-refractivity contribution in [1.82, 2.24) is 0 Å². The van der Waals surface area contributed by atoms with Gasteiger partial charge in [-0.1, -0.05) is 48.5 Å². The average Bonchev–Trinajstić information content (AvgIpc) is 2.64. The zero-order chi connectivity index (χ0) is 16.8. The van der Waals surface area contributed by atoms with Crippen molar-refractivity contribution in [2.24, 2.45) is 0 Å². The Morgan fingerprint density at radius 3 is 1.38 bits per heavy atom. The molecule has 0 atom stereocenters. The zero-order valence-corrected chi connectivity index (χ0v) is 13.3. The van der Waals surface area contributed by atoms with Crippen molar-refractivity contribution in [2.45, 2.75) is 0 Å². The summed E-state index contributed by atoms with van der Waals surface area (Å²) in [7, 11) is 3.01. The minimum Gasteiger partial charge on any atom is -0.495 e. The molecule has 0 N–H and O–H groups in total. The van der Waals surface area contributed by atoms with Crippen LogP contribution >= 0.6 is 0 Å². The number of carbonyl (C=O) groups is 2. The first-order chi connectivity index (χ1) is 11.7. The lowest BCUT2D eigenvalue weighted by Crippen LogP contribution is -2.22. The summed E-state index contributed by atoms with van der Waals surface area (Å²) in [6.07, 6.45) is 0. The summed E-state index contributed by atoms with van der Waals surface area (Å²) in [4.78, 5) is 26.1. The molecule has 0 aromatic heterocycles. The molecule has 0 saturated carbocycles. The van der Waals surface area contributed by atoms with Gasteiger partial charge in [-0.3, -0.25) is 9.59 Å². The van der Waals surface area contributed by atoms with Gasteiger partial charge in [0.2, 0.25) is 0 Å². The lowest BCUT2D eigenvalue weighted by molar-refractivity contribution is 0.0974. The van der Waals surface area contributed by atoms with Crippen LogP contribution in [-0.2, 0) is 0 Å². The van der Waals surface area contributed by atoms with Gasteiger partial charge in [-0.05, 0) is 0 Å². The number of fused-ring (bicyclic) bond motifs is 3. The second kappa shape index (κ2) is 5.20. The van der Waals surface area contributed by atoms with Gasteiger partial charge < -0.3 is 9.47 Å². The van der Waals surface area contributed by atoms with Gasteiger partial charge in [0.05, 0.1) is 25.3 Å². The predicted octanol–water partition coefficient (Wildman–Crippen LogP) is 3.63. The first kappa shape index (κ1) is 14.5. The van der Waals surface area contributed by atoms with E-state index in [9.17, 15) is 9.59 Å². The van der Waals surface area contributed by atoms with E-state index in [1.54, 1.807) is 24.3 Å². The highest BCUT2D eigenvalue weighted by Crippen LogP contribution is 2.44. The molecule has 1 aliphatic rings. The number of hydrogen-bond donors (Lipinski definition) is 0. The summed E-state index contributed by atoms with van der Waals surface area (Å²) in [6, 6.07) is 14.3. The number of carbonyl (C=O) groups excluding carboxylic acids is 2. The van der Waals surface area contributed by atoms with E-state index in [1.165, 1.54) is 14.2 Å². The molecule has 0 saturated heterocycles. The predicted molar refractivity (Wildman–Crippen MR) is 90.4 cm³/mol. The Hall–Kier alpha value is -3.14. The second-order valence-corrected chi connectivity index (χ2v) is 5.57. The van der Waals surface area contributed by atoms with Gasteiger partial charge in [-0.15, -0.1) is 0 Å². The Balaban J connectivity index is 2.21. The Morgan fingerprint density at radius 2 is 1.00 bits per heavy atom. The molecule has 4 nitrogen and oxygen atoms in total. The molecule has 0 unspecified atom stereocenters. The fraction of sp³-hybridized carbons (Fsp3) is 0.100. The van der Waals surface area contributed by atoms with Gasteiger partial charge in [0.25, 0.3) is 0 Å². The van der Waals surface area contributed by atoms with E-state index >= 15 is 0 Å². The molecular weight excluding hydrogens is 304 g/mol. The number of ketones is 2. The molecule has 0 amide bonds. The molecule has 3 aromatic carbocycles. The normalized spacial score (nSPS) is 12.8. The maximum absolute atomic E-state index is 13.1. The number of methoxy groups -OCH3 is 2. The van der Waals surface area contributed by atoms with E-state index in [1.807, 2.05) is 24.3 Å². The van der Waals surface area contributed by atoms with Crippen LogP contribution in [0.2, 0.25) is 0 Å². The fourth-order valence-electron chi connectivity index (χ4n) is 3.38. The van der Waals surface area contributed by atoms with Gasteiger partial charge in [-0.2, -0.15) is 0 Å². The van der Waals surface area contributed by atoms with Crippen molar-refractivity contribution >= 4 is 22.3 Å². The summed E-state index contributed by atoms with van der Waals surface area (Å²) in [6.45, 7) is 0. The van der Waals surface area contributed by atoms with Crippen LogP contribution in [0.25, 0.3) is 10.8 Å². The van der Waals surface area contributed by atoms with Gasteiger partial charge in [-0.25, -0.2) is 0 Å². The fourth-order valence-corrected chi connectivity index (χ4v) is 3.38. The van der Waals surface area contributed by atoms with Crippen LogP contribution in [0.15, 0.2) is 48.5 Å². The van der Waals surface area contributed by atoms with Gasteiger partial charge in [0.1, 0.15) is 11.5 Å². The van der Waals surface area contributed by atoms with E-state index in [4.69, 9.17) is 9.47 Å². The molecule has 0 spiro atoms. The van der Waals surface area contributed by atoms with Crippen molar-refractivity contribution in [3.63, 3.8) is 0 Å². The van der Waals surface area contributed by atoms with Crippen molar-refractivity contribution in [3.8, 4) is 11.5 Å². The van der Waals surface area contributed by atoms with Crippen LogP contribution < -0.4 is 9.47 Å². The minimum absolute atomic E-state index is 0.221. The van der Waals surface area contributed by atoms with Crippen LogP contribution in [0.4, 0.5) is 0 Å². The van der Waals surface area contributed by atoms with Crippen molar-refractivity contribution in [2.75, 3.05) is 14.2 Å². The molecule has 4 rings (SSSR count). The van der Waals surface area contributed by atoms with E-state index in [0.29, 0.717) is 22.6 Å². The molecule has 4 heteroatoms. The van der Waals surface area contributed by atoms with E-state index < -0.39 is 0 Å². The Morgan fingerprint density at radius 1 is 0.625 bits per heavy atom. The molecule has 0 bridgehead atoms. The zero-order valence-electron chi connectivity index (χ0n) is 13.3. The molecular formula is C20H14O4. The first-order valence-corrected chi connectivity index (χ1v) is 7.54. The lowest BCUT2D eigenvalue weighted by Gasteiger charge is -2.23. The Labute approximate surface area is 138 Å². The smallest absolute Gasteiger partial charge is 0.198 e. The van der Waals surface area contributed by atoms with E-state index in [0.717, 1.165) is 10.8 Å². The molecule has 1 aliphatic carbocycles. The van der Waals surface area contributed by atoms with E-state index in [2.05, 4.69) is 0 Å². The molecule has 3 aromatic rings. The number of rotatable bonds is 2.